The Hall–Kier alpha value is -3.18. The molecule has 0 aliphatic carbocycles. The van der Waals surface area contributed by atoms with Gasteiger partial charge in [-0.05, 0) is 31.2 Å². The van der Waals surface area contributed by atoms with Crippen LogP contribution in [0.1, 0.15) is 12.7 Å². The minimum Gasteiger partial charge on any atom is -0.456 e. The summed E-state index contributed by atoms with van der Waals surface area (Å²) in [5, 5.41) is 0.0482. The maximum atomic E-state index is 12.7. The second-order valence-corrected chi connectivity index (χ2v) is 8.69. The average molecular weight is 435 g/mol. The van der Waals surface area contributed by atoms with Crippen LogP contribution in [0.3, 0.4) is 0 Å². The zero-order chi connectivity index (χ0) is 22.1. The first-order valence-electron chi connectivity index (χ1n) is 9.06. The SMILES string of the molecule is CCn1c(=O)c2ccccc2n(CC(=O)OCc2ccc(S(=O)(=O)N(C)C)o2)c1=O. The minimum atomic E-state index is -3.74. The molecule has 2 aromatic heterocycles. The van der Waals surface area contributed by atoms with Crippen molar-refractivity contribution in [3.63, 3.8) is 0 Å². The number of sulfonamides is 1. The van der Waals surface area contributed by atoms with Crippen LogP contribution in [0.2, 0.25) is 0 Å². The van der Waals surface area contributed by atoms with E-state index in [0.29, 0.717) is 10.9 Å². The highest BCUT2D eigenvalue weighted by molar-refractivity contribution is 7.88. The highest BCUT2D eigenvalue weighted by Gasteiger charge is 2.22. The Morgan fingerprint density at radius 2 is 1.80 bits per heavy atom. The summed E-state index contributed by atoms with van der Waals surface area (Å²) >= 11 is 0. The number of aromatic nitrogens is 2. The van der Waals surface area contributed by atoms with E-state index in [1.54, 1.807) is 31.2 Å². The van der Waals surface area contributed by atoms with Gasteiger partial charge < -0.3 is 9.15 Å². The predicted octanol–water partition coefficient (Wildman–Crippen LogP) is 0.770. The maximum absolute atomic E-state index is 12.7. The van der Waals surface area contributed by atoms with Crippen LogP contribution in [0.4, 0.5) is 0 Å². The summed E-state index contributed by atoms with van der Waals surface area (Å²) in [4.78, 5) is 37.4. The Kier molecular flexibility index (Phi) is 5.94. The van der Waals surface area contributed by atoms with E-state index in [4.69, 9.17) is 9.15 Å². The summed E-state index contributed by atoms with van der Waals surface area (Å²) in [6.07, 6.45) is 0. The number of hydrogen-bond donors (Lipinski definition) is 0. The third-order valence-electron chi connectivity index (χ3n) is 4.48. The van der Waals surface area contributed by atoms with Crippen molar-refractivity contribution in [3.05, 3.63) is 63.0 Å². The van der Waals surface area contributed by atoms with Gasteiger partial charge in [-0.15, -0.1) is 0 Å². The molecular formula is C19H21N3O7S. The summed E-state index contributed by atoms with van der Waals surface area (Å²) in [5.41, 5.74) is -0.713. The molecule has 0 atom stereocenters. The number of esters is 1. The Labute approximate surface area is 171 Å². The Balaban J connectivity index is 1.81. The number of benzene rings is 1. The van der Waals surface area contributed by atoms with E-state index >= 15 is 0 Å². The van der Waals surface area contributed by atoms with Crippen molar-refractivity contribution in [1.82, 2.24) is 13.4 Å². The van der Waals surface area contributed by atoms with E-state index in [-0.39, 0.29) is 24.0 Å². The molecule has 0 aliphatic heterocycles. The Bertz CT molecular complexity index is 1320. The van der Waals surface area contributed by atoms with Crippen LogP contribution < -0.4 is 11.2 Å². The average Bonchev–Trinajstić information content (AvgIpc) is 3.20. The lowest BCUT2D eigenvalue weighted by Gasteiger charge is -2.12. The topological polar surface area (TPSA) is 121 Å². The molecule has 0 aliphatic rings. The molecular weight excluding hydrogens is 414 g/mol. The molecule has 1 aromatic carbocycles. The van der Waals surface area contributed by atoms with Crippen LogP contribution >= 0.6 is 0 Å². The highest BCUT2D eigenvalue weighted by atomic mass is 32.2. The number of fused-ring (bicyclic) bond motifs is 1. The first kappa shape index (κ1) is 21.5. The number of carbonyl (C=O) groups excluding carboxylic acids is 1. The molecule has 3 rings (SSSR count). The summed E-state index contributed by atoms with van der Waals surface area (Å²) in [6.45, 7) is 1.11. The maximum Gasteiger partial charge on any atom is 0.332 e. The van der Waals surface area contributed by atoms with Gasteiger partial charge in [0.05, 0.1) is 10.9 Å². The summed E-state index contributed by atoms with van der Waals surface area (Å²) in [7, 11) is -0.996. The fraction of sp³-hybridized carbons (Fsp3) is 0.316. The third-order valence-corrected chi connectivity index (χ3v) is 6.17. The molecule has 0 amide bonds. The van der Waals surface area contributed by atoms with Crippen molar-refractivity contribution in [2.45, 2.75) is 31.7 Å². The van der Waals surface area contributed by atoms with Gasteiger partial charge in [0, 0.05) is 20.6 Å². The molecule has 0 fully saturated rings. The van der Waals surface area contributed by atoms with Crippen molar-refractivity contribution in [2.75, 3.05) is 14.1 Å². The van der Waals surface area contributed by atoms with Gasteiger partial charge in [0.25, 0.3) is 15.6 Å². The predicted molar refractivity (Wildman–Crippen MR) is 108 cm³/mol. The van der Waals surface area contributed by atoms with Crippen LogP contribution in [0.25, 0.3) is 10.9 Å². The molecule has 0 saturated carbocycles. The quantitative estimate of drug-likeness (QED) is 0.503. The van der Waals surface area contributed by atoms with Crippen LogP contribution in [0.15, 0.2) is 55.5 Å². The van der Waals surface area contributed by atoms with Gasteiger partial charge in [0.2, 0.25) is 5.09 Å². The van der Waals surface area contributed by atoms with Crippen LogP contribution in [-0.4, -0.2) is 41.9 Å². The summed E-state index contributed by atoms with van der Waals surface area (Å²) in [5.74, 6) is -0.600. The fourth-order valence-electron chi connectivity index (χ4n) is 2.88. The van der Waals surface area contributed by atoms with Crippen molar-refractivity contribution < 1.29 is 22.4 Å². The minimum absolute atomic E-state index is 0.138. The zero-order valence-electron chi connectivity index (χ0n) is 16.7. The number of hydrogen-bond acceptors (Lipinski definition) is 7. The van der Waals surface area contributed by atoms with E-state index in [1.807, 2.05) is 0 Å². The monoisotopic (exact) mass is 435 g/mol. The highest BCUT2D eigenvalue weighted by Crippen LogP contribution is 2.17. The molecule has 160 valence electrons. The van der Waals surface area contributed by atoms with E-state index < -0.39 is 33.8 Å². The smallest absolute Gasteiger partial charge is 0.332 e. The zero-order valence-corrected chi connectivity index (χ0v) is 17.5. The Morgan fingerprint density at radius 3 is 2.47 bits per heavy atom. The number of furan rings is 1. The molecule has 0 radical (unpaired) electrons. The second kappa shape index (κ2) is 8.28. The number of para-hydroxylation sites is 1. The third kappa shape index (κ3) is 3.94. The molecule has 0 N–H and O–H groups in total. The van der Waals surface area contributed by atoms with Crippen molar-refractivity contribution in [3.8, 4) is 0 Å². The number of ether oxygens (including phenoxy) is 1. The molecule has 10 nitrogen and oxygen atoms in total. The lowest BCUT2D eigenvalue weighted by Crippen LogP contribution is -2.40. The van der Waals surface area contributed by atoms with Crippen LogP contribution in [-0.2, 0) is 39.3 Å². The van der Waals surface area contributed by atoms with Gasteiger partial charge >= 0.3 is 11.7 Å². The van der Waals surface area contributed by atoms with Crippen molar-refractivity contribution in [2.24, 2.45) is 0 Å². The van der Waals surface area contributed by atoms with E-state index in [2.05, 4.69) is 0 Å². The normalized spacial score (nSPS) is 11.9. The lowest BCUT2D eigenvalue weighted by molar-refractivity contribution is -0.146. The van der Waals surface area contributed by atoms with Crippen molar-refractivity contribution >= 4 is 26.9 Å². The van der Waals surface area contributed by atoms with Crippen LogP contribution in [0, 0.1) is 0 Å². The summed E-state index contributed by atoms with van der Waals surface area (Å²) < 4.78 is 37.7. The molecule has 3 aromatic rings. The van der Waals surface area contributed by atoms with Crippen molar-refractivity contribution in [1.29, 1.82) is 0 Å². The van der Waals surface area contributed by atoms with Crippen LogP contribution in [0.5, 0.6) is 0 Å². The first-order chi connectivity index (χ1) is 14.2. The molecule has 0 saturated heterocycles. The van der Waals surface area contributed by atoms with Gasteiger partial charge in [0.15, 0.2) is 0 Å². The molecule has 11 heteroatoms. The van der Waals surface area contributed by atoms with Gasteiger partial charge in [-0.2, -0.15) is 0 Å². The standard InChI is InChI=1S/C19H21N3O7S/c1-4-21-18(24)14-7-5-6-8-15(14)22(19(21)25)11-16(23)28-12-13-9-10-17(29-13)30(26,27)20(2)3/h5-10H,4,11-12H2,1-3H3. The molecule has 0 unspecified atom stereocenters. The largest absolute Gasteiger partial charge is 0.456 e. The number of carbonyl (C=O) groups is 1. The van der Waals surface area contributed by atoms with E-state index in [9.17, 15) is 22.8 Å². The molecule has 0 bridgehead atoms. The van der Waals surface area contributed by atoms with E-state index in [0.717, 1.165) is 8.87 Å². The van der Waals surface area contributed by atoms with Gasteiger partial charge in [0.1, 0.15) is 18.9 Å². The molecule has 0 spiro atoms. The van der Waals surface area contributed by atoms with Gasteiger partial charge in [-0.1, -0.05) is 12.1 Å². The number of rotatable bonds is 7. The lowest BCUT2D eigenvalue weighted by atomic mass is 10.2. The molecule has 2 heterocycles. The summed E-state index contributed by atoms with van der Waals surface area (Å²) in [6, 6.07) is 9.16. The van der Waals surface area contributed by atoms with Gasteiger partial charge in [-0.25, -0.2) is 17.5 Å². The molecule has 30 heavy (non-hydrogen) atoms. The second-order valence-electron chi connectivity index (χ2n) is 6.60. The van der Waals surface area contributed by atoms with Gasteiger partial charge in [-0.3, -0.25) is 18.7 Å². The van der Waals surface area contributed by atoms with E-state index in [1.165, 1.54) is 30.8 Å². The first-order valence-corrected chi connectivity index (χ1v) is 10.5. The number of nitrogens with zero attached hydrogens (tertiary/aromatic N) is 3. The Morgan fingerprint density at radius 1 is 1.10 bits per heavy atom. The fourth-order valence-corrected chi connectivity index (χ4v) is 3.70.